The Morgan fingerprint density at radius 3 is 3.12 bits per heavy atom. The Morgan fingerprint density at radius 2 is 2.41 bits per heavy atom. The van der Waals surface area contributed by atoms with Gasteiger partial charge in [0, 0.05) is 19.0 Å². The van der Waals surface area contributed by atoms with Crippen molar-refractivity contribution in [1.82, 2.24) is 14.8 Å². The maximum atomic E-state index is 11.7. The molecule has 0 amide bonds. The Hall–Kier alpha value is -1.62. The van der Waals surface area contributed by atoms with E-state index in [0.717, 1.165) is 24.3 Å². The fraction of sp³-hybridized carbons (Fsp3) is 0.500. The summed E-state index contributed by atoms with van der Waals surface area (Å²) in [6.45, 7) is 4.80. The Balaban J connectivity index is 2.17. The summed E-state index contributed by atoms with van der Waals surface area (Å²) in [7, 11) is 0. The number of nitrogens with zero attached hydrogens (tertiary/aromatic N) is 2. The average Bonchev–Trinajstić information content (AvgIpc) is 2.89. The molecular formula is C12H15N3O2. The molecule has 90 valence electrons. The number of hydrogen-bond acceptors (Lipinski definition) is 3. The second-order valence-electron chi connectivity index (χ2n) is 4.58. The minimum Gasteiger partial charge on any atom is -0.376 e. The third-order valence-corrected chi connectivity index (χ3v) is 3.49. The van der Waals surface area contributed by atoms with E-state index >= 15 is 0 Å². The highest BCUT2D eigenvalue weighted by Gasteiger charge is 2.29. The number of nitrogens with one attached hydrogen (secondary N) is 1. The van der Waals surface area contributed by atoms with Crippen LogP contribution in [0, 0.1) is 6.92 Å². The molecule has 0 spiro atoms. The fourth-order valence-electron chi connectivity index (χ4n) is 2.57. The highest BCUT2D eigenvalue weighted by molar-refractivity contribution is 5.62. The lowest BCUT2D eigenvalue weighted by Crippen LogP contribution is -2.20. The summed E-state index contributed by atoms with van der Waals surface area (Å²) in [5, 5.41) is 3.16. The lowest BCUT2D eigenvalue weighted by Gasteiger charge is -2.19. The number of aromatic amines is 1. The highest BCUT2D eigenvalue weighted by atomic mass is 16.5. The Kier molecular flexibility index (Phi) is 2.29. The highest BCUT2D eigenvalue weighted by Crippen LogP contribution is 2.31. The first-order chi connectivity index (χ1) is 8.18. The predicted octanol–water partition coefficient (Wildman–Crippen LogP) is 1.33. The number of fused-ring (bicyclic) bond motifs is 1. The molecule has 0 unspecified atom stereocenters. The number of ether oxygens (including phenoxy) is 1. The van der Waals surface area contributed by atoms with Crippen LogP contribution in [0.4, 0.5) is 0 Å². The first-order valence-electron chi connectivity index (χ1n) is 5.85. The van der Waals surface area contributed by atoms with Crippen molar-refractivity contribution in [2.45, 2.75) is 32.4 Å². The zero-order valence-corrected chi connectivity index (χ0v) is 9.93. The number of aromatic nitrogens is 3. The van der Waals surface area contributed by atoms with E-state index in [1.807, 2.05) is 11.6 Å². The van der Waals surface area contributed by atoms with Gasteiger partial charge in [-0.05, 0) is 25.8 Å². The molecule has 17 heavy (non-hydrogen) atoms. The van der Waals surface area contributed by atoms with Crippen molar-refractivity contribution in [3.63, 3.8) is 0 Å². The number of hydrogen-bond donors (Lipinski definition) is 1. The third kappa shape index (κ3) is 1.50. The normalized spacial score (nSPS) is 24.6. The zero-order chi connectivity index (χ0) is 12.0. The van der Waals surface area contributed by atoms with Gasteiger partial charge in [-0.15, -0.1) is 0 Å². The van der Waals surface area contributed by atoms with Crippen LogP contribution in [0.1, 0.15) is 24.9 Å². The van der Waals surface area contributed by atoms with Crippen molar-refractivity contribution in [3.05, 3.63) is 28.3 Å². The van der Waals surface area contributed by atoms with E-state index < -0.39 is 0 Å². The van der Waals surface area contributed by atoms with Crippen molar-refractivity contribution < 1.29 is 4.74 Å². The smallest absolute Gasteiger partial charge is 0.280 e. The van der Waals surface area contributed by atoms with E-state index in [9.17, 15) is 4.79 Å². The maximum absolute atomic E-state index is 11.7. The van der Waals surface area contributed by atoms with Gasteiger partial charge < -0.3 is 9.84 Å². The zero-order valence-electron chi connectivity index (χ0n) is 9.93. The second-order valence-corrected chi connectivity index (χ2v) is 4.58. The molecule has 1 saturated heterocycles. The van der Waals surface area contributed by atoms with Gasteiger partial charge in [0.15, 0.2) is 0 Å². The summed E-state index contributed by atoms with van der Waals surface area (Å²) in [6, 6.07) is 0.271. The van der Waals surface area contributed by atoms with Crippen molar-refractivity contribution in [2.24, 2.45) is 0 Å². The van der Waals surface area contributed by atoms with Crippen LogP contribution in [0.15, 0.2) is 17.2 Å². The van der Waals surface area contributed by atoms with E-state index in [1.54, 1.807) is 12.4 Å². The van der Waals surface area contributed by atoms with Crippen LogP contribution in [0.25, 0.3) is 11.3 Å². The second kappa shape index (κ2) is 3.70. The molecule has 1 fully saturated rings. The van der Waals surface area contributed by atoms with Gasteiger partial charge in [0.05, 0.1) is 23.4 Å². The minimum atomic E-state index is -0.174. The van der Waals surface area contributed by atoms with E-state index in [4.69, 9.17) is 4.74 Å². The SMILES string of the molecule is Cc1cnc(=O)c2c[nH]n([C@@H]3CCO[C@@H]3C)c1-2. The Morgan fingerprint density at radius 1 is 1.59 bits per heavy atom. The summed E-state index contributed by atoms with van der Waals surface area (Å²) >= 11 is 0. The van der Waals surface area contributed by atoms with E-state index in [-0.39, 0.29) is 17.7 Å². The van der Waals surface area contributed by atoms with E-state index in [0.29, 0.717) is 5.56 Å². The third-order valence-electron chi connectivity index (χ3n) is 3.49. The Labute approximate surface area is 98.8 Å². The molecule has 0 aromatic rings. The van der Waals surface area contributed by atoms with E-state index in [2.05, 4.69) is 17.0 Å². The van der Waals surface area contributed by atoms with E-state index in [1.165, 1.54) is 0 Å². The molecule has 0 saturated carbocycles. The largest absolute Gasteiger partial charge is 0.376 e. The number of rotatable bonds is 1. The molecule has 3 heterocycles. The van der Waals surface area contributed by atoms with Crippen LogP contribution in [0.5, 0.6) is 0 Å². The molecule has 1 N–H and O–H groups in total. The van der Waals surface area contributed by atoms with Crippen molar-refractivity contribution >= 4 is 0 Å². The minimum absolute atomic E-state index is 0.171. The van der Waals surface area contributed by atoms with Crippen LogP contribution in [-0.2, 0) is 4.74 Å². The topological polar surface area (TPSA) is 59.9 Å². The first kappa shape index (κ1) is 10.5. The van der Waals surface area contributed by atoms with Gasteiger partial charge in [-0.3, -0.25) is 9.48 Å². The van der Waals surface area contributed by atoms with Crippen LogP contribution in [0.3, 0.4) is 0 Å². The summed E-state index contributed by atoms with van der Waals surface area (Å²) in [4.78, 5) is 15.5. The van der Waals surface area contributed by atoms with Gasteiger partial charge in [-0.1, -0.05) is 0 Å². The molecule has 0 aromatic heterocycles. The monoisotopic (exact) mass is 233 g/mol. The maximum Gasteiger partial charge on any atom is 0.280 e. The lowest BCUT2D eigenvalue weighted by atomic mass is 10.1. The molecule has 0 bridgehead atoms. The molecule has 0 aromatic carbocycles. The predicted molar refractivity (Wildman–Crippen MR) is 63.3 cm³/mol. The molecule has 3 aliphatic heterocycles. The van der Waals surface area contributed by atoms with Crippen LogP contribution in [0.2, 0.25) is 0 Å². The molecular weight excluding hydrogens is 218 g/mol. The summed E-state index contributed by atoms with van der Waals surface area (Å²) < 4.78 is 7.62. The van der Waals surface area contributed by atoms with Gasteiger partial charge in [-0.2, -0.15) is 0 Å². The Bertz CT molecular complexity index is 572. The number of pyridine rings is 1. The van der Waals surface area contributed by atoms with Gasteiger partial charge in [0.2, 0.25) is 0 Å². The fourth-order valence-corrected chi connectivity index (χ4v) is 2.57. The van der Waals surface area contributed by atoms with Crippen molar-refractivity contribution in [3.8, 4) is 11.3 Å². The molecule has 0 aliphatic carbocycles. The van der Waals surface area contributed by atoms with Crippen molar-refractivity contribution in [1.29, 1.82) is 0 Å². The summed E-state index contributed by atoms with van der Waals surface area (Å²) in [5.74, 6) is 0. The van der Waals surface area contributed by atoms with Gasteiger partial charge in [-0.25, -0.2) is 4.98 Å². The van der Waals surface area contributed by atoms with Gasteiger partial charge in [0.1, 0.15) is 0 Å². The first-order valence-corrected chi connectivity index (χ1v) is 5.85. The number of H-pyrrole nitrogens is 1. The average molecular weight is 233 g/mol. The van der Waals surface area contributed by atoms with Crippen LogP contribution >= 0.6 is 0 Å². The van der Waals surface area contributed by atoms with Crippen LogP contribution in [-0.4, -0.2) is 27.5 Å². The quantitative estimate of drug-likeness (QED) is 0.808. The summed E-state index contributed by atoms with van der Waals surface area (Å²) in [6.07, 6.45) is 4.51. The van der Waals surface area contributed by atoms with Gasteiger partial charge >= 0.3 is 0 Å². The number of aryl methyl sites for hydroxylation is 1. The molecule has 5 nitrogen and oxygen atoms in total. The van der Waals surface area contributed by atoms with Crippen molar-refractivity contribution in [2.75, 3.05) is 6.61 Å². The molecule has 3 aliphatic rings. The standard InChI is InChI=1S/C12H15N3O2/c1-7-5-13-12(16)9-6-14-15(11(7)9)10-3-4-17-8(10)2/h5-6,8,10,14H,3-4H2,1-2H3/t8-,10-/m1/s1. The molecule has 5 heteroatoms. The molecule has 2 atom stereocenters. The van der Waals surface area contributed by atoms with Gasteiger partial charge in [0.25, 0.3) is 5.56 Å². The molecule has 0 radical (unpaired) electrons. The lowest BCUT2D eigenvalue weighted by molar-refractivity contribution is 0.105. The molecule has 3 rings (SSSR count). The van der Waals surface area contributed by atoms with Crippen LogP contribution < -0.4 is 5.56 Å². The summed E-state index contributed by atoms with van der Waals surface area (Å²) in [5.41, 5.74) is 2.45.